The average molecular weight is 237 g/mol. The Bertz CT molecular complexity index is 250. The van der Waals surface area contributed by atoms with E-state index in [9.17, 15) is 0 Å². The Labute approximate surface area is 106 Å². The molecule has 0 radical (unpaired) electrons. The van der Waals surface area contributed by atoms with Crippen LogP contribution in [0, 0.1) is 5.92 Å². The van der Waals surface area contributed by atoms with Crippen LogP contribution in [0.4, 0.5) is 0 Å². The van der Waals surface area contributed by atoms with Crippen molar-refractivity contribution >= 4 is 0 Å². The zero-order valence-electron chi connectivity index (χ0n) is 11.2. The van der Waals surface area contributed by atoms with E-state index in [0.717, 1.165) is 18.0 Å². The van der Waals surface area contributed by atoms with Gasteiger partial charge in [-0.1, -0.05) is 19.3 Å². The van der Waals surface area contributed by atoms with Crippen LogP contribution in [0.2, 0.25) is 0 Å². The minimum Gasteiger partial charge on any atom is -0.314 e. The van der Waals surface area contributed by atoms with E-state index in [0.29, 0.717) is 0 Å². The smallest absolute Gasteiger partial charge is 0.0351 e. The van der Waals surface area contributed by atoms with Crippen LogP contribution in [0.3, 0.4) is 0 Å². The molecule has 3 rings (SSSR count). The number of piperazine rings is 2. The van der Waals surface area contributed by atoms with Crippen LogP contribution in [-0.4, -0.2) is 61.7 Å². The van der Waals surface area contributed by atoms with Gasteiger partial charge in [0.25, 0.3) is 0 Å². The number of hydrogen-bond donors (Lipinski definition) is 1. The molecule has 2 saturated heterocycles. The first-order valence-corrected chi connectivity index (χ1v) is 7.49. The van der Waals surface area contributed by atoms with Crippen LogP contribution < -0.4 is 5.32 Å². The highest BCUT2D eigenvalue weighted by molar-refractivity contribution is 4.95. The van der Waals surface area contributed by atoms with Crippen molar-refractivity contribution in [2.45, 2.75) is 44.2 Å². The van der Waals surface area contributed by atoms with Gasteiger partial charge in [-0.3, -0.25) is 4.90 Å². The fraction of sp³-hybridized carbons (Fsp3) is 1.00. The summed E-state index contributed by atoms with van der Waals surface area (Å²) in [7, 11) is 2.27. The van der Waals surface area contributed by atoms with E-state index in [2.05, 4.69) is 22.2 Å². The molecule has 0 bridgehead atoms. The highest BCUT2D eigenvalue weighted by atomic mass is 15.3. The fourth-order valence-electron chi connectivity index (χ4n) is 4.11. The van der Waals surface area contributed by atoms with Gasteiger partial charge in [0.15, 0.2) is 0 Å². The van der Waals surface area contributed by atoms with Crippen molar-refractivity contribution in [1.82, 2.24) is 15.1 Å². The first kappa shape index (κ1) is 11.9. The van der Waals surface area contributed by atoms with Gasteiger partial charge in [0.2, 0.25) is 0 Å². The molecule has 3 heteroatoms. The van der Waals surface area contributed by atoms with E-state index in [-0.39, 0.29) is 0 Å². The minimum atomic E-state index is 0.773. The van der Waals surface area contributed by atoms with E-state index in [1.807, 2.05) is 0 Å². The van der Waals surface area contributed by atoms with E-state index < -0.39 is 0 Å². The van der Waals surface area contributed by atoms with Gasteiger partial charge in [-0.15, -0.1) is 0 Å². The lowest BCUT2D eigenvalue weighted by Gasteiger charge is -2.50. The molecule has 0 aromatic carbocycles. The third-order valence-corrected chi connectivity index (χ3v) is 5.08. The predicted molar refractivity (Wildman–Crippen MR) is 71.2 cm³/mol. The van der Waals surface area contributed by atoms with Crippen LogP contribution in [0.15, 0.2) is 0 Å². The van der Waals surface area contributed by atoms with E-state index in [4.69, 9.17) is 0 Å². The van der Waals surface area contributed by atoms with Crippen molar-refractivity contribution in [3.05, 3.63) is 0 Å². The molecule has 0 aromatic rings. The Hall–Kier alpha value is -0.120. The summed E-state index contributed by atoms with van der Waals surface area (Å²) in [6.07, 6.45) is 7.37. The second kappa shape index (κ2) is 5.25. The molecule has 1 saturated carbocycles. The van der Waals surface area contributed by atoms with Crippen molar-refractivity contribution < 1.29 is 0 Å². The second-order valence-corrected chi connectivity index (χ2v) is 6.28. The molecule has 2 atom stereocenters. The Morgan fingerprint density at radius 1 is 1.00 bits per heavy atom. The van der Waals surface area contributed by atoms with Crippen LogP contribution >= 0.6 is 0 Å². The Morgan fingerprint density at radius 2 is 1.82 bits per heavy atom. The first-order valence-electron chi connectivity index (χ1n) is 7.49. The number of nitrogens with one attached hydrogen (secondary N) is 1. The molecular formula is C14H27N3. The maximum absolute atomic E-state index is 3.68. The molecule has 0 aromatic heterocycles. The van der Waals surface area contributed by atoms with E-state index in [1.165, 1.54) is 64.8 Å². The van der Waals surface area contributed by atoms with Gasteiger partial charge in [0.1, 0.15) is 0 Å². The monoisotopic (exact) mass is 237 g/mol. The maximum atomic E-state index is 3.68. The summed E-state index contributed by atoms with van der Waals surface area (Å²) in [5, 5.41) is 3.68. The zero-order valence-corrected chi connectivity index (χ0v) is 11.2. The summed E-state index contributed by atoms with van der Waals surface area (Å²) in [6.45, 7) is 6.26. The molecule has 3 nitrogen and oxygen atoms in total. The van der Waals surface area contributed by atoms with Crippen molar-refractivity contribution in [3.8, 4) is 0 Å². The molecule has 1 aliphatic carbocycles. The summed E-state index contributed by atoms with van der Waals surface area (Å²) in [6, 6.07) is 1.61. The molecular weight excluding hydrogens is 210 g/mol. The standard InChI is InChI=1S/C14H27N3/c1-16-7-8-17-13(11-16)9-15-10-14(17)12-5-3-2-4-6-12/h12-15H,2-11H2,1H3. The number of rotatable bonds is 1. The lowest BCUT2D eigenvalue weighted by Crippen LogP contribution is -2.66. The summed E-state index contributed by atoms with van der Waals surface area (Å²) < 4.78 is 0. The highest BCUT2D eigenvalue weighted by Crippen LogP contribution is 2.31. The Morgan fingerprint density at radius 3 is 2.65 bits per heavy atom. The van der Waals surface area contributed by atoms with Gasteiger partial charge in [-0.2, -0.15) is 0 Å². The Balaban J connectivity index is 1.66. The van der Waals surface area contributed by atoms with Crippen molar-refractivity contribution in [3.63, 3.8) is 0 Å². The molecule has 3 fully saturated rings. The number of hydrogen-bond acceptors (Lipinski definition) is 3. The molecule has 2 heterocycles. The molecule has 0 spiro atoms. The third-order valence-electron chi connectivity index (χ3n) is 5.08. The summed E-state index contributed by atoms with van der Waals surface area (Å²) in [5.41, 5.74) is 0. The maximum Gasteiger partial charge on any atom is 0.0351 e. The van der Waals surface area contributed by atoms with E-state index >= 15 is 0 Å². The van der Waals surface area contributed by atoms with Crippen molar-refractivity contribution in [1.29, 1.82) is 0 Å². The van der Waals surface area contributed by atoms with Crippen LogP contribution in [0.1, 0.15) is 32.1 Å². The van der Waals surface area contributed by atoms with Crippen LogP contribution in [0.5, 0.6) is 0 Å². The van der Waals surface area contributed by atoms with Gasteiger partial charge < -0.3 is 10.2 Å². The number of nitrogens with zero attached hydrogens (tertiary/aromatic N) is 2. The number of likely N-dealkylation sites (N-methyl/N-ethyl adjacent to an activating group) is 1. The predicted octanol–water partition coefficient (Wildman–Crippen LogP) is 1.15. The van der Waals surface area contributed by atoms with Gasteiger partial charge in [0, 0.05) is 44.8 Å². The highest BCUT2D eigenvalue weighted by Gasteiger charge is 2.37. The molecule has 2 unspecified atom stereocenters. The quantitative estimate of drug-likeness (QED) is 0.738. The van der Waals surface area contributed by atoms with Crippen molar-refractivity contribution in [2.24, 2.45) is 5.92 Å². The van der Waals surface area contributed by atoms with Crippen molar-refractivity contribution in [2.75, 3.05) is 39.8 Å². The SMILES string of the molecule is CN1CCN2C(CNCC2C2CCCCC2)C1. The zero-order chi connectivity index (χ0) is 11.7. The third kappa shape index (κ3) is 2.51. The second-order valence-electron chi connectivity index (χ2n) is 6.28. The summed E-state index contributed by atoms with van der Waals surface area (Å²) >= 11 is 0. The van der Waals surface area contributed by atoms with Crippen LogP contribution in [-0.2, 0) is 0 Å². The minimum absolute atomic E-state index is 0.773. The first-order chi connectivity index (χ1) is 8.34. The molecule has 0 amide bonds. The molecule has 98 valence electrons. The lowest BCUT2D eigenvalue weighted by molar-refractivity contribution is -0.00112. The molecule has 17 heavy (non-hydrogen) atoms. The normalized spacial score (nSPS) is 37.9. The fourth-order valence-corrected chi connectivity index (χ4v) is 4.11. The Kier molecular flexibility index (Phi) is 3.69. The number of fused-ring (bicyclic) bond motifs is 1. The van der Waals surface area contributed by atoms with E-state index in [1.54, 1.807) is 0 Å². The summed E-state index contributed by atoms with van der Waals surface area (Å²) in [5.74, 6) is 0.974. The lowest BCUT2D eigenvalue weighted by atomic mass is 9.81. The van der Waals surface area contributed by atoms with Gasteiger partial charge >= 0.3 is 0 Å². The van der Waals surface area contributed by atoms with Gasteiger partial charge in [0.05, 0.1) is 0 Å². The average Bonchev–Trinajstić information content (AvgIpc) is 2.39. The van der Waals surface area contributed by atoms with Crippen LogP contribution in [0.25, 0.3) is 0 Å². The molecule has 2 aliphatic heterocycles. The summed E-state index contributed by atoms with van der Waals surface area (Å²) in [4.78, 5) is 5.33. The topological polar surface area (TPSA) is 18.5 Å². The largest absolute Gasteiger partial charge is 0.314 e. The van der Waals surface area contributed by atoms with Gasteiger partial charge in [-0.25, -0.2) is 0 Å². The molecule has 3 aliphatic rings. The molecule has 1 N–H and O–H groups in total. The van der Waals surface area contributed by atoms with Gasteiger partial charge in [-0.05, 0) is 25.8 Å².